The van der Waals surface area contributed by atoms with Gasteiger partial charge < -0.3 is 9.64 Å². The van der Waals surface area contributed by atoms with Gasteiger partial charge in [0.15, 0.2) is 5.72 Å². The normalized spacial score (nSPS) is 18.4. The maximum atomic E-state index is 13.3. The van der Waals surface area contributed by atoms with Gasteiger partial charge in [-0.05, 0) is 25.0 Å². The number of carbonyl (C=O) groups excluding carboxylic acids is 1. The molecule has 0 bridgehead atoms. The zero-order chi connectivity index (χ0) is 19.6. The van der Waals surface area contributed by atoms with Crippen LogP contribution in [0.15, 0.2) is 78.9 Å². The van der Waals surface area contributed by atoms with Gasteiger partial charge in [-0.1, -0.05) is 85.3 Å². The van der Waals surface area contributed by atoms with Gasteiger partial charge in [-0.2, -0.15) is 0 Å². The number of hydrogen-bond donors (Lipinski definition) is 0. The van der Waals surface area contributed by atoms with E-state index in [4.69, 9.17) is 4.74 Å². The first-order valence-electron chi connectivity index (χ1n) is 9.83. The van der Waals surface area contributed by atoms with E-state index >= 15 is 0 Å². The summed E-state index contributed by atoms with van der Waals surface area (Å²) >= 11 is 0. The second-order valence-corrected chi connectivity index (χ2v) is 7.29. The van der Waals surface area contributed by atoms with Gasteiger partial charge in [-0.3, -0.25) is 4.79 Å². The molecule has 1 aliphatic heterocycles. The SMILES string of the molecule is CCCN1C(=O)c2ccccc2C1(OCc1ccc(C)cc1)c1ccccc1. The standard InChI is InChI=1S/C25H25NO2/c1-3-17-26-24(27)22-11-7-8-12-23(22)25(26,21-9-5-4-6-10-21)28-18-20-15-13-19(2)14-16-20/h4-16H,3,17-18H2,1-2H3. The molecule has 3 nitrogen and oxygen atoms in total. The highest BCUT2D eigenvalue weighted by molar-refractivity contribution is 6.00. The second-order valence-electron chi connectivity index (χ2n) is 7.29. The zero-order valence-corrected chi connectivity index (χ0v) is 16.4. The molecule has 0 fully saturated rings. The van der Waals surface area contributed by atoms with Crippen molar-refractivity contribution >= 4 is 5.91 Å². The molecule has 3 aromatic rings. The van der Waals surface area contributed by atoms with Crippen molar-refractivity contribution in [2.75, 3.05) is 6.54 Å². The maximum Gasteiger partial charge on any atom is 0.257 e. The van der Waals surface area contributed by atoms with Crippen molar-refractivity contribution in [1.82, 2.24) is 4.90 Å². The van der Waals surface area contributed by atoms with Crippen molar-refractivity contribution in [2.45, 2.75) is 32.6 Å². The molecule has 0 saturated heterocycles. The van der Waals surface area contributed by atoms with Crippen LogP contribution in [0.1, 0.15) is 46.0 Å². The molecule has 0 aliphatic carbocycles. The average molecular weight is 371 g/mol. The van der Waals surface area contributed by atoms with E-state index in [1.807, 2.05) is 59.5 Å². The Balaban J connectivity index is 1.84. The first-order valence-corrected chi connectivity index (χ1v) is 9.83. The van der Waals surface area contributed by atoms with Crippen LogP contribution in [0, 0.1) is 6.92 Å². The van der Waals surface area contributed by atoms with Crippen LogP contribution in [0.2, 0.25) is 0 Å². The molecule has 0 saturated carbocycles. The Morgan fingerprint density at radius 3 is 2.29 bits per heavy atom. The number of ether oxygens (including phenoxy) is 1. The van der Waals surface area contributed by atoms with Crippen LogP contribution < -0.4 is 0 Å². The summed E-state index contributed by atoms with van der Waals surface area (Å²) in [6, 6.07) is 26.3. The maximum absolute atomic E-state index is 13.3. The first-order chi connectivity index (χ1) is 13.7. The predicted octanol–water partition coefficient (Wildman–Crippen LogP) is 5.28. The van der Waals surface area contributed by atoms with E-state index in [0.717, 1.165) is 28.7 Å². The lowest BCUT2D eigenvalue weighted by Gasteiger charge is -2.39. The zero-order valence-electron chi connectivity index (χ0n) is 16.4. The number of fused-ring (bicyclic) bond motifs is 1. The Hall–Kier alpha value is -2.91. The van der Waals surface area contributed by atoms with Crippen LogP contribution in [-0.2, 0) is 17.1 Å². The fourth-order valence-electron chi connectivity index (χ4n) is 3.97. The van der Waals surface area contributed by atoms with Crippen LogP contribution >= 0.6 is 0 Å². The average Bonchev–Trinajstić information content (AvgIpc) is 2.98. The number of amides is 1. The summed E-state index contributed by atoms with van der Waals surface area (Å²) in [5, 5.41) is 0. The molecule has 1 atom stereocenters. The van der Waals surface area contributed by atoms with Crippen molar-refractivity contribution in [1.29, 1.82) is 0 Å². The molecule has 1 heterocycles. The predicted molar refractivity (Wildman–Crippen MR) is 111 cm³/mol. The summed E-state index contributed by atoms with van der Waals surface area (Å²) in [5.74, 6) is 0.0326. The van der Waals surface area contributed by atoms with E-state index in [0.29, 0.717) is 13.2 Å². The molecule has 0 N–H and O–H groups in total. The second kappa shape index (κ2) is 7.61. The smallest absolute Gasteiger partial charge is 0.257 e. The Bertz CT molecular complexity index is 965. The Morgan fingerprint density at radius 1 is 0.893 bits per heavy atom. The molecule has 1 aliphatic rings. The van der Waals surface area contributed by atoms with Crippen LogP contribution in [0.3, 0.4) is 0 Å². The van der Waals surface area contributed by atoms with Crippen LogP contribution in [0.5, 0.6) is 0 Å². The fourth-order valence-corrected chi connectivity index (χ4v) is 3.97. The highest BCUT2D eigenvalue weighted by Gasteiger charge is 2.51. The molecule has 142 valence electrons. The minimum Gasteiger partial charge on any atom is -0.342 e. The molecular formula is C25H25NO2. The fraction of sp³-hybridized carbons (Fsp3) is 0.240. The molecule has 1 unspecified atom stereocenters. The highest BCUT2D eigenvalue weighted by atomic mass is 16.5. The summed E-state index contributed by atoms with van der Waals surface area (Å²) in [6.45, 7) is 5.23. The number of carbonyl (C=O) groups is 1. The third kappa shape index (κ3) is 3.02. The summed E-state index contributed by atoms with van der Waals surface area (Å²) < 4.78 is 6.67. The number of benzene rings is 3. The third-order valence-corrected chi connectivity index (χ3v) is 5.33. The lowest BCUT2D eigenvalue weighted by Crippen LogP contribution is -2.47. The van der Waals surface area contributed by atoms with Gasteiger partial charge in [0.25, 0.3) is 5.91 Å². The van der Waals surface area contributed by atoms with E-state index in [9.17, 15) is 4.79 Å². The molecule has 0 aromatic heterocycles. The first kappa shape index (κ1) is 18.5. The van der Waals surface area contributed by atoms with Crippen molar-refractivity contribution in [2.24, 2.45) is 0 Å². The van der Waals surface area contributed by atoms with E-state index in [-0.39, 0.29) is 5.91 Å². The topological polar surface area (TPSA) is 29.5 Å². The van der Waals surface area contributed by atoms with Gasteiger partial charge in [0, 0.05) is 23.2 Å². The van der Waals surface area contributed by atoms with Gasteiger partial charge in [0.2, 0.25) is 0 Å². The number of rotatable bonds is 6. The van der Waals surface area contributed by atoms with Crippen LogP contribution in [0.25, 0.3) is 0 Å². The lowest BCUT2D eigenvalue weighted by molar-refractivity contribution is -0.117. The molecule has 1 amide bonds. The summed E-state index contributed by atoms with van der Waals surface area (Å²) in [4.78, 5) is 15.2. The largest absolute Gasteiger partial charge is 0.342 e. The Labute approximate surface area is 166 Å². The minimum absolute atomic E-state index is 0.0326. The quantitative estimate of drug-likeness (QED) is 0.590. The molecule has 0 radical (unpaired) electrons. The molecule has 0 spiro atoms. The van der Waals surface area contributed by atoms with Gasteiger partial charge in [0.05, 0.1) is 6.61 Å². The van der Waals surface area contributed by atoms with Crippen molar-refractivity contribution in [3.8, 4) is 0 Å². The molecule has 3 heteroatoms. The minimum atomic E-state index is -0.907. The monoisotopic (exact) mass is 371 g/mol. The van der Waals surface area contributed by atoms with Gasteiger partial charge in [-0.25, -0.2) is 0 Å². The van der Waals surface area contributed by atoms with E-state index in [1.54, 1.807) is 0 Å². The van der Waals surface area contributed by atoms with Gasteiger partial charge in [0.1, 0.15) is 0 Å². The van der Waals surface area contributed by atoms with Crippen LogP contribution in [-0.4, -0.2) is 17.4 Å². The van der Waals surface area contributed by atoms with Gasteiger partial charge >= 0.3 is 0 Å². The molecule has 3 aromatic carbocycles. The third-order valence-electron chi connectivity index (χ3n) is 5.33. The number of hydrogen-bond acceptors (Lipinski definition) is 2. The van der Waals surface area contributed by atoms with E-state index < -0.39 is 5.72 Å². The summed E-state index contributed by atoms with van der Waals surface area (Å²) in [5.41, 5.74) is 4.03. The van der Waals surface area contributed by atoms with Crippen molar-refractivity contribution in [3.63, 3.8) is 0 Å². The van der Waals surface area contributed by atoms with Gasteiger partial charge in [-0.15, -0.1) is 0 Å². The lowest BCUT2D eigenvalue weighted by atomic mass is 9.93. The van der Waals surface area contributed by atoms with Crippen LogP contribution in [0.4, 0.5) is 0 Å². The summed E-state index contributed by atoms with van der Waals surface area (Å²) in [7, 11) is 0. The Morgan fingerprint density at radius 2 is 1.57 bits per heavy atom. The molecule has 4 rings (SSSR count). The van der Waals surface area contributed by atoms with E-state index in [2.05, 4.69) is 38.1 Å². The highest BCUT2D eigenvalue weighted by Crippen LogP contribution is 2.45. The Kier molecular flexibility index (Phi) is 5.01. The molecular weight excluding hydrogens is 346 g/mol. The molecule has 28 heavy (non-hydrogen) atoms. The number of nitrogens with zero attached hydrogens (tertiary/aromatic N) is 1. The van der Waals surface area contributed by atoms with Crippen molar-refractivity contribution < 1.29 is 9.53 Å². The summed E-state index contributed by atoms with van der Waals surface area (Å²) in [6.07, 6.45) is 0.863. The van der Waals surface area contributed by atoms with Crippen molar-refractivity contribution in [3.05, 3.63) is 107 Å². The number of aryl methyl sites for hydroxylation is 1. The van der Waals surface area contributed by atoms with E-state index in [1.165, 1.54) is 5.56 Å².